The lowest BCUT2D eigenvalue weighted by atomic mass is 10.1. The van der Waals surface area contributed by atoms with Gasteiger partial charge in [-0.3, -0.25) is 4.99 Å². The number of hydrogen-bond acceptors (Lipinski definition) is 4. The van der Waals surface area contributed by atoms with Crippen molar-refractivity contribution in [3.05, 3.63) is 83.8 Å². The molecule has 0 aliphatic carbocycles. The fraction of sp³-hybridized carbons (Fsp3) is 0.217. The number of nitrogens with one attached hydrogen (secondary N) is 2. The summed E-state index contributed by atoms with van der Waals surface area (Å²) in [7, 11) is 1.73. The van der Waals surface area contributed by atoms with Gasteiger partial charge in [0.05, 0.1) is 6.54 Å². The number of aromatic nitrogens is 1. The molecule has 0 amide bonds. The summed E-state index contributed by atoms with van der Waals surface area (Å²) in [4.78, 5) is 8.53. The monoisotopic (exact) mass is 406 g/mol. The maximum absolute atomic E-state index is 13.2. The van der Waals surface area contributed by atoms with E-state index in [9.17, 15) is 4.39 Å². The van der Waals surface area contributed by atoms with Crippen molar-refractivity contribution >= 4 is 5.96 Å². The van der Waals surface area contributed by atoms with Crippen LogP contribution in [0.15, 0.2) is 71.9 Å². The van der Waals surface area contributed by atoms with Gasteiger partial charge in [-0.2, -0.15) is 0 Å². The van der Waals surface area contributed by atoms with E-state index in [1.54, 1.807) is 31.4 Å². The summed E-state index contributed by atoms with van der Waals surface area (Å²) in [5.41, 5.74) is 2.20. The van der Waals surface area contributed by atoms with E-state index in [4.69, 9.17) is 9.47 Å². The number of guanidine groups is 1. The fourth-order valence-electron chi connectivity index (χ4n) is 3.21. The van der Waals surface area contributed by atoms with Gasteiger partial charge < -0.3 is 20.1 Å². The van der Waals surface area contributed by atoms with E-state index < -0.39 is 0 Å². The van der Waals surface area contributed by atoms with Gasteiger partial charge in [-0.25, -0.2) is 9.37 Å². The number of ether oxygens (including phenoxy) is 2. The van der Waals surface area contributed by atoms with Crippen molar-refractivity contribution in [1.82, 2.24) is 15.6 Å². The Morgan fingerprint density at radius 1 is 1.17 bits per heavy atom. The van der Waals surface area contributed by atoms with Gasteiger partial charge in [0.1, 0.15) is 23.4 Å². The molecule has 4 rings (SSSR count). The van der Waals surface area contributed by atoms with Crippen molar-refractivity contribution in [3.8, 4) is 17.4 Å². The van der Waals surface area contributed by atoms with Crippen LogP contribution >= 0.6 is 0 Å². The van der Waals surface area contributed by atoms with Gasteiger partial charge in [0.15, 0.2) is 5.96 Å². The molecular weight excluding hydrogens is 383 g/mol. The summed E-state index contributed by atoms with van der Waals surface area (Å²) in [6.07, 6.45) is 2.68. The van der Waals surface area contributed by atoms with Crippen molar-refractivity contribution < 1.29 is 13.9 Å². The molecule has 0 saturated carbocycles. The summed E-state index contributed by atoms with van der Waals surface area (Å²) in [6.45, 7) is 1.21. The van der Waals surface area contributed by atoms with Crippen LogP contribution in [0.2, 0.25) is 0 Å². The zero-order chi connectivity index (χ0) is 20.8. The molecule has 1 atom stereocenters. The van der Waals surface area contributed by atoms with E-state index in [0.717, 1.165) is 17.7 Å². The predicted octanol–water partition coefficient (Wildman–Crippen LogP) is 3.68. The van der Waals surface area contributed by atoms with Gasteiger partial charge in [0, 0.05) is 38.3 Å². The van der Waals surface area contributed by atoms with E-state index in [2.05, 4.69) is 26.7 Å². The number of hydrogen-bond donors (Lipinski definition) is 2. The second-order valence-corrected chi connectivity index (χ2v) is 6.92. The van der Waals surface area contributed by atoms with Gasteiger partial charge in [-0.05, 0) is 29.3 Å². The molecule has 3 aromatic rings. The smallest absolute Gasteiger partial charge is 0.219 e. The molecular formula is C23H23FN4O2. The van der Waals surface area contributed by atoms with E-state index in [0.29, 0.717) is 30.7 Å². The molecule has 6 nitrogen and oxygen atoms in total. The number of pyridine rings is 1. The first kappa shape index (κ1) is 19.7. The van der Waals surface area contributed by atoms with Gasteiger partial charge in [-0.15, -0.1) is 0 Å². The summed E-state index contributed by atoms with van der Waals surface area (Å²) in [5, 5.41) is 6.56. The zero-order valence-electron chi connectivity index (χ0n) is 16.6. The Hall–Kier alpha value is -3.61. The van der Waals surface area contributed by atoms with Gasteiger partial charge in [0.2, 0.25) is 5.88 Å². The third-order valence-corrected chi connectivity index (χ3v) is 4.71. The first-order chi connectivity index (χ1) is 14.7. The first-order valence-electron chi connectivity index (χ1n) is 9.77. The molecule has 2 aromatic carbocycles. The second kappa shape index (κ2) is 9.26. The predicted molar refractivity (Wildman–Crippen MR) is 113 cm³/mol. The average Bonchev–Trinajstić information content (AvgIpc) is 3.18. The van der Waals surface area contributed by atoms with E-state index >= 15 is 0 Å². The second-order valence-electron chi connectivity index (χ2n) is 6.92. The molecule has 0 fully saturated rings. The molecule has 2 heterocycles. The Morgan fingerprint density at radius 3 is 2.83 bits per heavy atom. The SMILES string of the molecule is CN=C(NCc1ccc(Oc2cccc(F)c2)nc1)NCC1Cc2ccccc2O1. The third-order valence-electron chi connectivity index (χ3n) is 4.71. The minimum absolute atomic E-state index is 0.0851. The summed E-state index contributed by atoms with van der Waals surface area (Å²) < 4.78 is 24.7. The van der Waals surface area contributed by atoms with Crippen LogP contribution in [0.25, 0.3) is 0 Å². The van der Waals surface area contributed by atoms with Crippen LogP contribution in [0.5, 0.6) is 17.4 Å². The van der Waals surface area contributed by atoms with Crippen molar-refractivity contribution in [1.29, 1.82) is 0 Å². The quantitative estimate of drug-likeness (QED) is 0.483. The lowest BCUT2D eigenvalue weighted by Crippen LogP contribution is -2.41. The van der Waals surface area contributed by atoms with Crippen LogP contribution in [-0.2, 0) is 13.0 Å². The molecule has 0 bridgehead atoms. The molecule has 1 unspecified atom stereocenters. The number of halogens is 1. The normalized spacial score (nSPS) is 15.3. The topological polar surface area (TPSA) is 67.8 Å². The number of para-hydroxylation sites is 1. The minimum atomic E-state index is -0.348. The van der Waals surface area contributed by atoms with E-state index in [-0.39, 0.29) is 11.9 Å². The Bertz CT molecular complexity index is 999. The highest BCUT2D eigenvalue weighted by atomic mass is 19.1. The lowest BCUT2D eigenvalue weighted by molar-refractivity contribution is 0.235. The van der Waals surface area contributed by atoms with Gasteiger partial charge in [0.25, 0.3) is 0 Å². The number of aliphatic imine (C=N–C) groups is 1. The van der Waals surface area contributed by atoms with Crippen molar-refractivity contribution in [3.63, 3.8) is 0 Å². The van der Waals surface area contributed by atoms with Gasteiger partial charge in [-0.1, -0.05) is 30.3 Å². The third kappa shape index (κ3) is 5.05. The highest BCUT2D eigenvalue weighted by Crippen LogP contribution is 2.27. The summed E-state index contributed by atoms with van der Waals surface area (Å²) in [5.74, 6) is 2.12. The standard InChI is InChI=1S/C23H23FN4O2/c1-25-23(28-15-20-11-17-5-2-3-8-21(17)29-20)27-14-16-9-10-22(26-13-16)30-19-7-4-6-18(24)12-19/h2-10,12-13,20H,11,14-15H2,1H3,(H2,25,27,28). The Balaban J connectivity index is 1.24. The highest BCUT2D eigenvalue weighted by Gasteiger charge is 2.22. The maximum Gasteiger partial charge on any atom is 0.219 e. The van der Waals surface area contributed by atoms with Crippen molar-refractivity contribution in [2.24, 2.45) is 4.99 Å². The molecule has 1 aromatic heterocycles. The Morgan fingerprint density at radius 2 is 2.07 bits per heavy atom. The van der Waals surface area contributed by atoms with Crippen LogP contribution in [0.4, 0.5) is 4.39 Å². The molecule has 7 heteroatoms. The maximum atomic E-state index is 13.2. The number of nitrogens with zero attached hydrogens (tertiary/aromatic N) is 2. The molecule has 0 radical (unpaired) electrons. The fourth-order valence-corrected chi connectivity index (χ4v) is 3.21. The molecule has 0 spiro atoms. The molecule has 0 saturated heterocycles. The Kier molecular flexibility index (Phi) is 6.08. The molecule has 1 aliphatic heterocycles. The van der Waals surface area contributed by atoms with Gasteiger partial charge >= 0.3 is 0 Å². The lowest BCUT2D eigenvalue weighted by Gasteiger charge is -2.15. The number of fused-ring (bicyclic) bond motifs is 1. The Labute approximate surface area is 174 Å². The molecule has 154 valence electrons. The van der Waals surface area contributed by atoms with Crippen LogP contribution in [-0.4, -0.2) is 30.6 Å². The van der Waals surface area contributed by atoms with Crippen LogP contribution in [0, 0.1) is 5.82 Å². The first-order valence-corrected chi connectivity index (χ1v) is 9.77. The summed E-state index contributed by atoms with van der Waals surface area (Å²) in [6, 6.07) is 17.7. The number of benzene rings is 2. The minimum Gasteiger partial charge on any atom is -0.488 e. The molecule has 30 heavy (non-hydrogen) atoms. The van der Waals surface area contributed by atoms with E-state index in [1.165, 1.54) is 17.7 Å². The average molecular weight is 406 g/mol. The van der Waals surface area contributed by atoms with Crippen molar-refractivity contribution in [2.45, 2.75) is 19.1 Å². The highest BCUT2D eigenvalue weighted by molar-refractivity contribution is 5.79. The zero-order valence-corrected chi connectivity index (χ0v) is 16.6. The molecule has 2 N–H and O–H groups in total. The van der Waals surface area contributed by atoms with Crippen LogP contribution in [0.3, 0.4) is 0 Å². The summed E-state index contributed by atoms with van der Waals surface area (Å²) >= 11 is 0. The van der Waals surface area contributed by atoms with Crippen LogP contribution in [0.1, 0.15) is 11.1 Å². The largest absolute Gasteiger partial charge is 0.488 e. The molecule has 1 aliphatic rings. The number of rotatable bonds is 6. The van der Waals surface area contributed by atoms with Crippen molar-refractivity contribution in [2.75, 3.05) is 13.6 Å². The van der Waals surface area contributed by atoms with Crippen LogP contribution < -0.4 is 20.1 Å². The van der Waals surface area contributed by atoms with E-state index in [1.807, 2.05) is 24.3 Å².